The third-order valence-electron chi connectivity index (χ3n) is 6.28. The molecule has 188 valence electrons. The number of nitrogens with two attached hydrogens (primary N) is 1. The van der Waals surface area contributed by atoms with Crippen LogP contribution in [0.2, 0.25) is 0 Å². The maximum Gasteiger partial charge on any atom is 0.326 e. The van der Waals surface area contributed by atoms with Crippen LogP contribution in [0.5, 0.6) is 11.8 Å². The Labute approximate surface area is 207 Å². The van der Waals surface area contributed by atoms with E-state index in [0.29, 0.717) is 62.2 Å². The van der Waals surface area contributed by atoms with Crippen molar-refractivity contribution >= 4 is 29.5 Å². The van der Waals surface area contributed by atoms with Gasteiger partial charge in [0.1, 0.15) is 23.3 Å². The van der Waals surface area contributed by atoms with E-state index in [1.165, 1.54) is 0 Å². The molecule has 2 aliphatic heterocycles. The van der Waals surface area contributed by atoms with E-state index in [9.17, 15) is 9.18 Å². The number of allylic oxidation sites excluding steroid dienone is 1. The lowest BCUT2D eigenvalue weighted by Crippen LogP contribution is -2.49. The van der Waals surface area contributed by atoms with Gasteiger partial charge in [0.15, 0.2) is 11.6 Å². The molecule has 0 atom stereocenters. The normalized spacial score (nSPS) is 17.4. The van der Waals surface area contributed by atoms with Crippen LogP contribution in [0, 0.1) is 11.6 Å². The van der Waals surface area contributed by atoms with Crippen molar-refractivity contribution in [1.29, 1.82) is 0 Å². The summed E-state index contributed by atoms with van der Waals surface area (Å²) in [6.07, 6.45) is 3.91. The fourth-order valence-electron chi connectivity index (χ4n) is 4.52. The van der Waals surface area contributed by atoms with Crippen LogP contribution in [-0.4, -0.2) is 65.9 Å². The molecular formula is C25H27F2N7O2. The van der Waals surface area contributed by atoms with Gasteiger partial charge in [0.05, 0.1) is 13.1 Å². The fraction of sp³-hybridized carbons (Fsp3) is 0.360. The van der Waals surface area contributed by atoms with Crippen molar-refractivity contribution in [2.45, 2.75) is 20.3 Å². The number of rotatable bonds is 6. The van der Waals surface area contributed by atoms with Crippen molar-refractivity contribution in [3.8, 4) is 11.8 Å². The summed E-state index contributed by atoms with van der Waals surface area (Å²) in [6.45, 7) is 7.03. The standard InChI is InChI=1S/C25H27F2N7O2/c1-14-7-16-17(8-14)24(27)19(10-18(16)26)36-25-31-22(30-21-9-15(2)12-29-21)11-23(32-25)34-5-3-33(4-6-34)13-20(28)35/h8-11H,3-7,12-13H2,1-2H3,(H2,28,35)(H,29,30,31,32). The van der Waals surface area contributed by atoms with Gasteiger partial charge in [-0.25, -0.2) is 8.78 Å². The van der Waals surface area contributed by atoms with Crippen LogP contribution in [0.15, 0.2) is 34.3 Å². The van der Waals surface area contributed by atoms with Gasteiger partial charge >= 0.3 is 6.01 Å². The molecule has 1 aromatic carbocycles. The van der Waals surface area contributed by atoms with Crippen LogP contribution in [-0.2, 0) is 11.2 Å². The number of hydrogen-bond acceptors (Lipinski definition) is 8. The number of fused-ring (bicyclic) bond motifs is 1. The molecule has 0 bridgehead atoms. The lowest BCUT2D eigenvalue weighted by molar-refractivity contribution is -0.119. The number of carbonyl (C=O) groups excluding carboxylic acids is 1. The van der Waals surface area contributed by atoms with Crippen molar-refractivity contribution in [2.24, 2.45) is 10.7 Å². The Morgan fingerprint density at radius 3 is 2.58 bits per heavy atom. The highest BCUT2D eigenvalue weighted by Gasteiger charge is 2.25. The Bertz CT molecular complexity index is 1310. The number of halogens is 2. The second-order valence-corrected chi connectivity index (χ2v) is 9.27. The molecule has 3 N–H and O–H groups in total. The maximum absolute atomic E-state index is 15.2. The van der Waals surface area contributed by atoms with E-state index in [1.54, 1.807) is 12.1 Å². The molecule has 2 aromatic rings. The first-order chi connectivity index (χ1) is 17.2. The first kappa shape index (κ1) is 23.9. The number of hydrogen-bond donors (Lipinski definition) is 2. The Kier molecular flexibility index (Phi) is 6.40. The summed E-state index contributed by atoms with van der Waals surface area (Å²) in [5, 5.41) is 3.15. The lowest BCUT2D eigenvalue weighted by atomic mass is 10.1. The third-order valence-corrected chi connectivity index (χ3v) is 6.28. The molecule has 0 radical (unpaired) electrons. The number of nitrogens with one attached hydrogen (secondary N) is 1. The zero-order chi connectivity index (χ0) is 25.4. The summed E-state index contributed by atoms with van der Waals surface area (Å²) in [6, 6.07) is 2.68. The van der Waals surface area contributed by atoms with E-state index >= 15 is 4.39 Å². The molecule has 1 fully saturated rings. The number of nitrogens with zero attached hydrogens (tertiary/aromatic N) is 5. The largest absolute Gasteiger partial charge is 0.421 e. The van der Waals surface area contributed by atoms with E-state index in [4.69, 9.17) is 10.5 Å². The molecule has 3 heterocycles. The van der Waals surface area contributed by atoms with Gasteiger partial charge in [-0.15, -0.1) is 0 Å². The molecule has 1 saturated heterocycles. The molecule has 3 aliphatic rings. The predicted octanol–water partition coefficient (Wildman–Crippen LogP) is 2.88. The molecule has 1 aromatic heterocycles. The van der Waals surface area contributed by atoms with Crippen LogP contribution in [0.1, 0.15) is 25.0 Å². The second-order valence-electron chi connectivity index (χ2n) is 9.27. The minimum absolute atomic E-state index is 0.120. The summed E-state index contributed by atoms with van der Waals surface area (Å²) >= 11 is 0. The van der Waals surface area contributed by atoms with Crippen LogP contribution in [0.3, 0.4) is 0 Å². The molecule has 11 heteroatoms. The number of ether oxygens (including phenoxy) is 1. The van der Waals surface area contributed by atoms with Gasteiger partial charge in [-0.1, -0.05) is 11.6 Å². The Balaban J connectivity index is 1.44. The third kappa shape index (κ3) is 5.06. The average molecular weight is 496 g/mol. The highest BCUT2D eigenvalue weighted by Crippen LogP contribution is 2.36. The van der Waals surface area contributed by atoms with Crippen molar-refractivity contribution in [3.05, 3.63) is 52.1 Å². The number of benzene rings is 1. The van der Waals surface area contributed by atoms with Crippen LogP contribution >= 0.6 is 0 Å². The molecule has 0 unspecified atom stereocenters. The lowest BCUT2D eigenvalue weighted by Gasteiger charge is -2.34. The van der Waals surface area contributed by atoms with Gasteiger partial charge in [-0.05, 0) is 31.9 Å². The van der Waals surface area contributed by atoms with E-state index < -0.39 is 11.6 Å². The fourth-order valence-corrected chi connectivity index (χ4v) is 4.52. The SMILES string of the molecule is CC1=CC(Nc2cc(N3CCN(CC(N)=O)CC3)nc(Oc3cc(F)c4c(c3F)C=C(C)C4)n2)=NC1. The molecule has 0 spiro atoms. The van der Waals surface area contributed by atoms with Crippen molar-refractivity contribution in [1.82, 2.24) is 14.9 Å². The van der Waals surface area contributed by atoms with Gasteiger partial charge in [0.2, 0.25) is 5.91 Å². The van der Waals surface area contributed by atoms with Crippen molar-refractivity contribution < 1.29 is 18.3 Å². The quantitative estimate of drug-likeness (QED) is 0.634. The zero-order valence-electron chi connectivity index (χ0n) is 20.1. The molecular weight excluding hydrogens is 468 g/mol. The summed E-state index contributed by atoms with van der Waals surface area (Å²) in [4.78, 5) is 28.5. The number of anilines is 2. The topological polar surface area (TPSA) is 109 Å². The van der Waals surface area contributed by atoms with Gasteiger partial charge in [-0.2, -0.15) is 9.97 Å². The highest BCUT2D eigenvalue weighted by atomic mass is 19.1. The van der Waals surface area contributed by atoms with Crippen molar-refractivity contribution in [3.63, 3.8) is 0 Å². The van der Waals surface area contributed by atoms with Gasteiger partial charge < -0.3 is 20.7 Å². The van der Waals surface area contributed by atoms with Gasteiger partial charge in [0.25, 0.3) is 0 Å². The summed E-state index contributed by atoms with van der Waals surface area (Å²) in [7, 11) is 0. The summed E-state index contributed by atoms with van der Waals surface area (Å²) < 4.78 is 35.6. The molecule has 36 heavy (non-hydrogen) atoms. The van der Waals surface area contributed by atoms with E-state index in [-0.39, 0.29) is 29.8 Å². The Morgan fingerprint density at radius 2 is 1.89 bits per heavy atom. The summed E-state index contributed by atoms with van der Waals surface area (Å²) in [5.41, 5.74) is 7.82. The number of amides is 1. The molecule has 5 rings (SSSR count). The zero-order valence-corrected chi connectivity index (χ0v) is 20.1. The minimum atomic E-state index is -0.648. The summed E-state index contributed by atoms with van der Waals surface area (Å²) in [5.74, 6) is -0.219. The first-order valence-corrected chi connectivity index (χ1v) is 11.7. The maximum atomic E-state index is 15.2. The monoisotopic (exact) mass is 495 g/mol. The molecule has 9 nitrogen and oxygen atoms in total. The number of aliphatic imine (C=N–C) groups is 1. The number of carbonyl (C=O) groups is 1. The van der Waals surface area contributed by atoms with Gasteiger partial charge in [0, 0.05) is 49.4 Å². The predicted molar refractivity (Wildman–Crippen MR) is 133 cm³/mol. The number of aromatic nitrogens is 2. The Morgan fingerprint density at radius 1 is 1.11 bits per heavy atom. The van der Waals surface area contributed by atoms with Gasteiger partial charge in [-0.3, -0.25) is 14.7 Å². The molecule has 1 amide bonds. The molecule has 0 saturated carbocycles. The highest BCUT2D eigenvalue weighted by molar-refractivity contribution is 6.05. The second kappa shape index (κ2) is 9.65. The minimum Gasteiger partial charge on any atom is -0.421 e. The first-order valence-electron chi connectivity index (χ1n) is 11.7. The van der Waals surface area contributed by atoms with E-state index in [1.807, 2.05) is 29.7 Å². The average Bonchev–Trinajstić information content (AvgIpc) is 3.42. The number of piperazine rings is 1. The van der Waals surface area contributed by atoms with E-state index in [2.05, 4.69) is 20.3 Å². The number of primary amides is 1. The van der Waals surface area contributed by atoms with Crippen LogP contribution in [0.25, 0.3) is 6.08 Å². The molecule has 1 aliphatic carbocycles. The van der Waals surface area contributed by atoms with E-state index in [0.717, 1.165) is 17.2 Å². The van der Waals surface area contributed by atoms with Crippen LogP contribution in [0.4, 0.5) is 20.4 Å². The smallest absolute Gasteiger partial charge is 0.326 e. The van der Waals surface area contributed by atoms with Crippen molar-refractivity contribution in [2.75, 3.05) is 49.5 Å². The van der Waals surface area contributed by atoms with Crippen LogP contribution < -0.4 is 20.7 Å². The Hall–Kier alpha value is -3.86. The number of amidine groups is 1.